The Balaban J connectivity index is 1.63. The predicted octanol–water partition coefficient (Wildman–Crippen LogP) is 6.59. The first-order chi connectivity index (χ1) is 18.2. The number of fused-ring (bicyclic) bond motifs is 1. The molecule has 3 heterocycles. The number of methoxy groups -OCH3 is 2. The van der Waals surface area contributed by atoms with Gasteiger partial charge in [0.2, 0.25) is 0 Å². The molecule has 0 aliphatic rings. The van der Waals surface area contributed by atoms with Gasteiger partial charge in [0.05, 0.1) is 36.7 Å². The zero-order chi connectivity index (χ0) is 25.4. The number of hydrogen-bond donors (Lipinski definition) is 1. The third-order valence-electron chi connectivity index (χ3n) is 6.69. The summed E-state index contributed by atoms with van der Waals surface area (Å²) in [5.41, 5.74) is 6.01. The van der Waals surface area contributed by atoms with Gasteiger partial charge in [-0.05, 0) is 61.5 Å². The summed E-state index contributed by atoms with van der Waals surface area (Å²) in [6, 6.07) is 24.5. The molecule has 3 aromatic heterocycles. The third-order valence-corrected chi connectivity index (χ3v) is 6.69. The van der Waals surface area contributed by atoms with Crippen LogP contribution in [0, 0.1) is 0 Å². The SMILES string of the molecule is CCn1c(-n2ccnc2)c(-c2nc(-c3ccc(OC)cc3)c(-c3ccc(OC)cc3)[nH]2)c2ccccc21. The number of aromatic amines is 1. The fourth-order valence-electron chi connectivity index (χ4n) is 4.91. The minimum absolute atomic E-state index is 0.795. The van der Waals surface area contributed by atoms with Gasteiger partial charge in [-0.2, -0.15) is 0 Å². The van der Waals surface area contributed by atoms with Crippen LogP contribution < -0.4 is 9.47 Å². The van der Waals surface area contributed by atoms with Gasteiger partial charge in [0.15, 0.2) is 0 Å². The van der Waals surface area contributed by atoms with E-state index >= 15 is 0 Å². The predicted molar refractivity (Wildman–Crippen MR) is 146 cm³/mol. The van der Waals surface area contributed by atoms with E-state index in [4.69, 9.17) is 14.5 Å². The second kappa shape index (κ2) is 9.35. The summed E-state index contributed by atoms with van der Waals surface area (Å²) in [5, 5.41) is 1.13. The largest absolute Gasteiger partial charge is 0.497 e. The molecule has 0 unspecified atom stereocenters. The molecule has 6 aromatic rings. The molecule has 6 rings (SSSR count). The van der Waals surface area contributed by atoms with E-state index in [1.54, 1.807) is 20.4 Å². The standard InChI is InChI=1S/C30H27N5O2/c1-4-35-25-8-6-5-7-24(25)26(30(35)34-18-17-31-19-34)29-32-27(20-9-13-22(36-2)14-10-20)28(33-29)21-11-15-23(37-3)16-12-21/h5-19H,4H2,1-3H3,(H,32,33). The molecule has 184 valence electrons. The van der Waals surface area contributed by atoms with Gasteiger partial charge < -0.3 is 19.0 Å². The first-order valence-electron chi connectivity index (χ1n) is 12.2. The van der Waals surface area contributed by atoms with Crippen LogP contribution in [-0.2, 0) is 6.54 Å². The Morgan fingerprint density at radius 3 is 2.14 bits per heavy atom. The number of rotatable bonds is 7. The molecule has 1 N–H and O–H groups in total. The van der Waals surface area contributed by atoms with Gasteiger partial charge in [0.25, 0.3) is 0 Å². The van der Waals surface area contributed by atoms with Crippen LogP contribution in [0.1, 0.15) is 6.92 Å². The van der Waals surface area contributed by atoms with Crippen LogP contribution in [0.4, 0.5) is 0 Å². The molecule has 7 heteroatoms. The zero-order valence-corrected chi connectivity index (χ0v) is 21.0. The van der Waals surface area contributed by atoms with Gasteiger partial charge >= 0.3 is 0 Å². The summed E-state index contributed by atoms with van der Waals surface area (Å²) < 4.78 is 15.1. The molecular weight excluding hydrogens is 462 g/mol. The molecule has 37 heavy (non-hydrogen) atoms. The highest BCUT2D eigenvalue weighted by molar-refractivity contribution is 6.00. The van der Waals surface area contributed by atoms with Crippen LogP contribution in [0.2, 0.25) is 0 Å². The molecule has 0 radical (unpaired) electrons. The molecule has 0 saturated heterocycles. The molecule has 0 fully saturated rings. The lowest BCUT2D eigenvalue weighted by Gasteiger charge is -2.10. The molecule has 0 spiro atoms. The average Bonchev–Trinajstić information content (AvgIpc) is 3.70. The number of aromatic nitrogens is 5. The minimum atomic E-state index is 0.795. The van der Waals surface area contributed by atoms with Crippen molar-refractivity contribution in [1.29, 1.82) is 0 Å². The van der Waals surface area contributed by atoms with Crippen molar-refractivity contribution in [2.24, 2.45) is 0 Å². The highest BCUT2D eigenvalue weighted by Gasteiger charge is 2.24. The number of aryl methyl sites for hydroxylation is 1. The van der Waals surface area contributed by atoms with Gasteiger partial charge in [-0.15, -0.1) is 0 Å². The lowest BCUT2D eigenvalue weighted by Crippen LogP contribution is -2.04. The maximum Gasteiger partial charge on any atom is 0.142 e. The van der Waals surface area contributed by atoms with Crippen molar-refractivity contribution in [1.82, 2.24) is 24.1 Å². The van der Waals surface area contributed by atoms with E-state index in [1.165, 1.54) is 0 Å². The van der Waals surface area contributed by atoms with Gasteiger partial charge in [-0.25, -0.2) is 9.97 Å². The van der Waals surface area contributed by atoms with E-state index in [9.17, 15) is 0 Å². The fraction of sp³-hybridized carbons (Fsp3) is 0.133. The van der Waals surface area contributed by atoms with Crippen molar-refractivity contribution in [2.75, 3.05) is 14.2 Å². The van der Waals surface area contributed by atoms with Crippen LogP contribution in [0.3, 0.4) is 0 Å². The van der Waals surface area contributed by atoms with Crippen molar-refractivity contribution >= 4 is 10.9 Å². The molecule has 0 amide bonds. The molecule has 0 atom stereocenters. The molecule has 3 aromatic carbocycles. The van der Waals surface area contributed by atoms with Crippen molar-refractivity contribution in [2.45, 2.75) is 13.5 Å². The molecular formula is C30H27N5O2. The van der Waals surface area contributed by atoms with Crippen molar-refractivity contribution < 1.29 is 9.47 Å². The first-order valence-corrected chi connectivity index (χ1v) is 12.2. The van der Waals surface area contributed by atoms with E-state index in [2.05, 4.69) is 62.4 Å². The number of benzene rings is 3. The van der Waals surface area contributed by atoms with Crippen molar-refractivity contribution in [3.63, 3.8) is 0 Å². The lowest BCUT2D eigenvalue weighted by atomic mass is 10.0. The van der Waals surface area contributed by atoms with Crippen LogP contribution in [0.15, 0.2) is 91.5 Å². The van der Waals surface area contributed by atoms with Gasteiger partial charge in [0.1, 0.15) is 29.5 Å². The summed E-state index contributed by atoms with van der Waals surface area (Å²) >= 11 is 0. The summed E-state index contributed by atoms with van der Waals surface area (Å²) in [7, 11) is 3.35. The number of hydrogen-bond acceptors (Lipinski definition) is 4. The highest BCUT2D eigenvalue weighted by Crippen LogP contribution is 2.40. The van der Waals surface area contributed by atoms with Crippen LogP contribution >= 0.6 is 0 Å². The average molecular weight is 490 g/mol. The number of nitrogens with zero attached hydrogens (tertiary/aromatic N) is 4. The van der Waals surface area contributed by atoms with E-state index < -0.39 is 0 Å². The Morgan fingerprint density at radius 2 is 1.51 bits per heavy atom. The molecule has 0 aliphatic heterocycles. The monoisotopic (exact) mass is 489 g/mol. The number of nitrogens with one attached hydrogen (secondary N) is 1. The van der Waals surface area contributed by atoms with E-state index in [0.29, 0.717) is 0 Å². The smallest absolute Gasteiger partial charge is 0.142 e. The Labute approximate surface area is 215 Å². The third kappa shape index (κ3) is 3.85. The van der Waals surface area contributed by atoms with Crippen LogP contribution in [0.5, 0.6) is 11.5 Å². The van der Waals surface area contributed by atoms with Gasteiger partial charge in [0, 0.05) is 35.5 Å². The number of ether oxygens (including phenoxy) is 2. The number of H-pyrrole nitrogens is 1. The maximum absolute atomic E-state index is 5.39. The fourth-order valence-corrected chi connectivity index (χ4v) is 4.91. The summed E-state index contributed by atoms with van der Waals surface area (Å²) in [4.78, 5) is 13.2. The summed E-state index contributed by atoms with van der Waals surface area (Å²) in [6.07, 6.45) is 5.61. The second-order valence-electron chi connectivity index (χ2n) is 8.70. The first kappa shape index (κ1) is 22.7. The van der Waals surface area contributed by atoms with Crippen LogP contribution in [0.25, 0.3) is 50.6 Å². The Morgan fingerprint density at radius 1 is 0.838 bits per heavy atom. The number of imidazole rings is 2. The number of para-hydroxylation sites is 1. The minimum Gasteiger partial charge on any atom is -0.497 e. The molecule has 0 bridgehead atoms. The quantitative estimate of drug-likeness (QED) is 0.275. The second-order valence-corrected chi connectivity index (χ2v) is 8.70. The van der Waals surface area contributed by atoms with Crippen molar-refractivity contribution in [3.05, 3.63) is 91.5 Å². The van der Waals surface area contributed by atoms with Crippen molar-refractivity contribution in [3.8, 4) is 51.2 Å². The zero-order valence-electron chi connectivity index (χ0n) is 21.0. The molecule has 7 nitrogen and oxygen atoms in total. The molecule has 0 aliphatic carbocycles. The Kier molecular flexibility index (Phi) is 5.73. The highest BCUT2D eigenvalue weighted by atomic mass is 16.5. The topological polar surface area (TPSA) is 69.9 Å². The van der Waals surface area contributed by atoms with Crippen LogP contribution in [-0.4, -0.2) is 38.3 Å². The van der Waals surface area contributed by atoms with E-state index in [-0.39, 0.29) is 0 Å². The van der Waals surface area contributed by atoms with Gasteiger partial charge in [-0.1, -0.05) is 18.2 Å². The van der Waals surface area contributed by atoms with Gasteiger partial charge in [-0.3, -0.25) is 4.57 Å². The Hall–Kier alpha value is -4.78. The Bertz CT molecular complexity index is 1600. The van der Waals surface area contributed by atoms with E-state index in [1.807, 2.05) is 48.9 Å². The molecule has 0 saturated carbocycles. The van der Waals surface area contributed by atoms with E-state index in [0.717, 1.165) is 68.7 Å². The normalized spacial score (nSPS) is 11.2. The summed E-state index contributed by atoms with van der Waals surface area (Å²) in [6.45, 7) is 2.97. The maximum atomic E-state index is 5.39. The lowest BCUT2D eigenvalue weighted by molar-refractivity contribution is 0.414. The summed E-state index contributed by atoms with van der Waals surface area (Å²) in [5.74, 6) is 3.43.